The van der Waals surface area contributed by atoms with Gasteiger partial charge in [-0.1, -0.05) is 38.4 Å². The van der Waals surface area contributed by atoms with Gasteiger partial charge in [0.15, 0.2) is 11.5 Å². The van der Waals surface area contributed by atoms with Gasteiger partial charge in [-0.3, -0.25) is 4.79 Å². The second-order valence-corrected chi connectivity index (χ2v) is 7.02. The first-order valence-electron chi connectivity index (χ1n) is 8.08. The lowest BCUT2D eigenvalue weighted by Crippen LogP contribution is -2.30. The van der Waals surface area contributed by atoms with Crippen molar-refractivity contribution in [3.05, 3.63) is 58.0 Å². The van der Waals surface area contributed by atoms with Gasteiger partial charge in [0.2, 0.25) is 0 Å². The van der Waals surface area contributed by atoms with Gasteiger partial charge in [-0.05, 0) is 31.9 Å². The van der Waals surface area contributed by atoms with Gasteiger partial charge in [-0.2, -0.15) is 0 Å². The van der Waals surface area contributed by atoms with Crippen molar-refractivity contribution < 1.29 is 13.8 Å². The first kappa shape index (κ1) is 16.1. The maximum Gasteiger partial charge on any atom is 0.276 e. The van der Waals surface area contributed by atoms with Gasteiger partial charge >= 0.3 is 0 Å². The van der Waals surface area contributed by atoms with E-state index < -0.39 is 0 Å². The number of hydrogen-bond donors (Lipinski definition) is 0. The van der Waals surface area contributed by atoms with E-state index in [0.717, 1.165) is 34.3 Å². The summed E-state index contributed by atoms with van der Waals surface area (Å²) in [4.78, 5) is 14.7. The summed E-state index contributed by atoms with van der Waals surface area (Å²) >= 11 is 3.40. The summed E-state index contributed by atoms with van der Waals surface area (Å²) in [7, 11) is 0. The normalized spacial score (nSPS) is 17.2. The lowest BCUT2D eigenvalue weighted by Gasteiger charge is -2.21. The van der Waals surface area contributed by atoms with Crippen LogP contribution in [-0.2, 0) is 0 Å². The molecule has 0 N–H and O–H groups in total. The van der Waals surface area contributed by atoms with E-state index in [1.165, 1.54) is 0 Å². The molecule has 4 rings (SSSR count). The molecule has 0 saturated carbocycles. The van der Waals surface area contributed by atoms with E-state index in [1.54, 1.807) is 11.0 Å². The highest BCUT2D eigenvalue weighted by Crippen LogP contribution is 2.33. The van der Waals surface area contributed by atoms with Crippen molar-refractivity contribution in [2.75, 3.05) is 6.54 Å². The third kappa shape index (κ3) is 3.11. The van der Waals surface area contributed by atoms with Crippen LogP contribution in [0.5, 0.6) is 0 Å². The van der Waals surface area contributed by atoms with E-state index in [-0.39, 0.29) is 11.9 Å². The van der Waals surface area contributed by atoms with Crippen molar-refractivity contribution in [1.29, 1.82) is 0 Å². The van der Waals surface area contributed by atoms with E-state index in [1.807, 2.05) is 37.3 Å². The van der Waals surface area contributed by atoms with E-state index in [2.05, 4.69) is 26.2 Å². The molecule has 3 heterocycles. The van der Waals surface area contributed by atoms with Crippen molar-refractivity contribution in [3.63, 3.8) is 0 Å². The van der Waals surface area contributed by atoms with Gasteiger partial charge < -0.3 is 13.9 Å². The van der Waals surface area contributed by atoms with Crippen LogP contribution in [0.15, 0.2) is 49.9 Å². The Labute approximate surface area is 152 Å². The molecule has 2 aromatic heterocycles. The van der Waals surface area contributed by atoms with Crippen molar-refractivity contribution in [3.8, 4) is 11.3 Å². The summed E-state index contributed by atoms with van der Waals surface area (Å²) in [6.07, 6.45) is 1.80. The smallest absolute Gasteiger partial charge is 0.276 e. The van der Waals surface area contributed by atoms with E-state index >= 15 is 0 Å². The van der Waals surface area contributed by atoms with Crippen LogP contribution in [0.25, 0.3) is 11.3 Å². The monoisotopic (exact) mass is 401 g/mol. The summed E-state index contributed by atoms with van der Waals surface area (Å²) < 4.78 is 11.5. The summed E-state index contributed by atoms with van der Waals surface area (Å²) in [6.45, 7) is 2.52. The number of carbonyl (C=O) groups excluding carboxylic acids is 1. The van der Waals surface area contributed by atoms with Crippen LogP contribution in [-0.4, -0.2) is 27.7 Å². The highest BCUT2D eigenvalue weighted by atomic mass is 79.9. The molecule has 1 aromatic carbocycles. The number of aromatic nitrogens is 2. The fourth-order valence-electron chi connectivity index (χ4n) is 3.13. The molecule has 0 radical (unpaired) electrons. The second-order valence-electron chi connectivity index (χ2n) is 6.10. The van der Waals surface area contributed by atoms with Crippen LogP contribution in [0.3, 0.4) is 0 Å². The Morgan fingerprint density at radius 2 is 2.00 bits per heavy atom. The number of rotatable bonds is 3. The van der Waals surface area contributed by atoms with Gasteiger partial charge in [0, 0.05) is 28.7 Å². The van der Waals surface area contributed by atoms with Crippen LogP contribution in [0.1, 0.15) is 40.8 Å². The molecule has 25 heavy (non-hydrogen) atoms. The number of hydrogen-bond acceptors (Lipinski definition) is 5. The molecule has 7 heteroatoms. The first-order valence-corrected chi connectivity index (χ1v) is 8.88. The molecule has 0 bridgehead atoms. The number of likely N-dealkylation sites (tertiary alicyclic amines) is 1. The first-order chi connectivity index (χ1) is 12.1. The second kappa shape index (κ2) is 6.48. The minimum atomic E-state index is -0.143. The number of nitrogens with zero attached hydrogens (tertiary/aromatic N) is 3. The van der Waals surface area contributed by atoms with Gasteiger partial charge in [-0.15, -0.1) is 0 Å². The molecule has 1 fully saturated rings. The molecule has 1 amide bonds. The van der Waals surface area contributed by atoms with Crippen LogP contribution < -0.4 is 0 Å². The van der Waals surface area contributed by atoms with Crippen LogP contribution >= 0.6 is 15.9 Å². The zero-order chi connectivity index (χ0) is 17.4. The van der Waals surface area contributed by atoms with Crippen LogP contribution in [0.2, 0.25) is 0 Å². The lowest BCUT2D eigenvalue weighted by atomic mass is 10.1. The minimum absolute atomic E-state index is 0.0715. The zero-order valence-electron chi connectivity index (χ0n) is 13.6. The Morgan fingerprint density at radius 3 is 2.72 bits per heavy atom. The summed E-state index contributed by atoms with van der Waals surface area (Å²) in [6, 6.07) is 11.2. The molecular formula is C18H16BrN3O3. The van der Waals surface area contributed by atoms with Gasteiger partial charge in [0.05, 0.1) is 6.04 Å². The topological polar surface area (TPSA) is 72.4 Å². The Morgan fingerprint density at radius 1 is 1.20 bits per heavy atom. The largest absolute Gasteiger partial charge is 0.361 e. The van der Waals surface area contributed by atoms with E-state index in [4.69, 9.17) is 9.05 Å². The molecule has 6 nitrogen and oxygen atoms in total. The van der Waals surface area contributed by atoms with Crippen molar-refractivity contribution in [1.82, 2.24) is 15.2 Å². The van der Waals surface area contributed by atoms with E-state index in [0.29, 0.717) is 18.0 Å². The molecule has 1 aliphatic rings. The summed E-state index contributed by atoms with van der Waals surface area (Å²) in [5.41, 5.74) is 1.98. The standard InChI is InChI=1S/C18H16BrN3O3/c1-11-9-14(20-24-11)16-3-2-8-22(16)18(23)15-10-17(25-21-15)12-4-6-13(19)7-5-12/h4-7,9-10,16H,2-3,8H2,1H3/t16-/m0/s1. The highest BCUT2D eigenvalue weighted by molar-refractivity contribution is 9.10. The summed E-state index contributed by atoms with van der Waals surface area (Å²) in [5, 5.41) is 8.04. The quantitative estimate of drug-likeness (QED) is 0.650. The molecule has 1 atom stereocenters. The van der Waals surface area contributed by atoms with Gasteiger partial charge in [0.25, 0.3) is 5.91 Å². The fourth-order valence-corrected chi connectivity index (χ4v) is 3.40. The number of halogens is 1. The number of amides is 1. The van der Waals surface area contributed by atoms with Crippen molar-refractivity contribution in [2.45, 2.75) is 25.8 Å². The van der Waals surface area contributed by atoms with Crippen LogP contribution in [0, 0.1) is 6.92 Å². The molecule has 0 spiro atoms. The Hall–Kier alpha value is -2.41. The third-order valence-electron chi connectivity index (χ3n) is 4.36. The average molecular weight is 402 g/mol. The molecule has 3 aromatic rings. The Kier molecular flexibility index (Phi) is 4.17. The van der Waals surface area contributed by atoms with Crippen LogP contribution in [0.4, 0.5) is 0 Å². The van der Waals surface area contributed by atoms with Crippen molar-refractivity contribution in [2.24, 2.45) is 0 Å². The highest BCUT2D eigenvalue weighted by Gasteiger charge is 2.34. The Bertz CT molecular complexity index is 900. The predicted octanol–water partition coefficient (Wildman–Crippen LogP) is 4.38. The molecule has 1 aliphatic heterocycles. The Balaban J connectivity index is 1.57. The minimum Gasteiger partial charge on any atom is -0.361 e. The molecule has 0 aliphatic carbocycles. The number of benzene rings is 1. The molecular weight excluding hydrogens is 386 g/mol. The molecule has 0 unspecified atom stereocenters. The van der Waals surface area contributed by atoms with Gasteiger partial charge in [-0.25, -0.2) is 0 Å². The van der Waals surface area contributed by atoms with E-state index in [9.17, 15) is 4.79 Å². The lowest BCUT2D eigenvalue weighted by molar-refractivity contribution is 0.0720. The molecule has 128 valence electrons. The third-order valence-corrected chi connectivity index (χ3v) is 4.89. The predicted molar refractivity (Wildman–Crippen MR) is 93.9 cm³/mol. The SMILES string of the molecule is Cc1cc([C@@H]2CCCN2C(=O)c2cc(-c3ccc(Br)cc3)on2)no1. The average Bonchev–Trinajstić information content (AvgIpc) is 3.35. The number of carbonyl (C=O) groups is 1. The maximum absolute atomic E-state index is 12.9. The van der Waals surface area contributed by atoms with Gasteiger partial charge in [0.1, 0.15) is 11.5 Å². The fraction of sp³-hybridized carbons (Fsp3) is 0.278. The number of aryl methyl sites for hydroxylation is 1. The molecule has 1 saturated heterocycles. The maximum atomic E-state index is 12.9. The van der Waals surface area contributed by atoms with Crippen molar-refractivity contribution >= 4 is 21.8 Å². The zero-order valence-corrected chi connectivity index (χ0v) is 15.2. The summed E-state index contributed by atoms with van der Waals surface area (Å²) in [5.74, 6) is 1.17.